The van der Waals surface area contributed by atoms with Gasteiger partial charge in [-0.1, -0.05) is 11.3 Å². The van der Waals surface area contributed by atoms with Crippen LogP contribution in [0.2, 0.25) is 0 Å². The number of fused-ring (bicyclic) bond motifs is 1. The maximum atomic E-state index is 13.7. The predicted octanol–water partition coefficient (Wildman–Crippen LogP) is 3.10. The number of hydrogen-bond donors (Lipinski definition) is 2. The average molecular weight is 629 g/mol. The van der Waals surface area contributed by atoms with Crippen LogP contribution in [0.15, 0.2) is 30.6 Å². The Morgan fingerprint density at radius 1 is 1.29 bits per heavy atom. The molecule has 3 atom stereocenters. The number of pyridine rings is 1. The van der Waals surface area contributed by atoms with E-state index in [1.54, 1.807) is 0 Å². The van der Waals surface area contributed by atoms with E-state index >= 15 is 0 Å². The van der Waals surface area contributed by atoms with Gasteiger partial charge in [0.2, 0.25) is 5.91 Å². The molecule has 226 valence electrons. The number of methoxy groups -OCH3 is 1. The van der Waals surface area contributed by atoms with E-state index in [1.807, 2.05) is 0 Å². The summed E-state index contributed by atoms with van der Waals surface area (Å²) < 4.78 is 72.8. The summed E-state index contributed by atoms with van der Waals surface area (Å²) in [5, 5.41) is 1.62. The Hall–Kier alpha value is -3.70. The molecular formula is C25H27F3N6O6S2. The summed E-state index contributed by atoms with van der Waals surface area (Å²) in [5.41, 5.74) is 5.82. The Balaban J connectivity index is 1.45. The lowest BCUT2D eigenvalue weighted by Crippen LogP contribution is -2.49. The molecule has 42 heavy (non-hydrogen) atoms. The number of amides is 1. The number of nitrogens with two attached hydrogens (primary N) is 1. The molecule has 1 amide bonds. The van der Waals surface area contributed by atoms with Gasteiger partial charge in [-0.05, 0) is 48.4 Å². The number of anilines is 3. The second-order valence-electron chi connectivity index (χ2n) is 9.74. The highest BCUT2D eigenvalue weighted by molar-refractivity contribution is 7.81. The fourth-order valence-electron chi connectivity index (χ4n) is 5.28. The molecular weight excluding hydrogens is 601 g/mol. The lowest BCUT2D eigenvalue weighted by atomic mass is 10.00. The minimum absolute atomic E-state index is 0.0128. The smallest absolute Gasteiger partial charge is 0.467 e. The van der Waals surface area contributed by atoms with Gasteiger partial charge in [0.1, 0.15) is 28.7 Å². The number of ether oxygens (including phenoxy) is 2. The van der Waals surface area contributed by atoms with Crippen molar-refractivity contribution in [1.82, 2.24) is 14.9 Å². The Morgan fingerprint density at radius 2 is 2.02 bits per heavy atom. The molecule has 3 N–H and O–H groups in total. The number of aromatic nitrogens is 2. The van der Waals surface area contributed by atoms with Gasteiger partial charge >= 0.3 is 12.3 Å². The van der Waals surface area contributed by atoms with E-state index in [0.717, 1.165) is 48.3 Å². The second kappa shape index (κ2) is 11.9. The molecule has 2 aromatic heterocycles. The van der Waals surface area contributed by atoms with Crippen molar-refractivity contribution in [3.8, 4) is 5.75 Å². The number of nitrogen functional groups attached to an aromatic ring is 1. The first kappa shape index (κ1) is 29.8. The molecule has 2 aliphatic rings. The van der Waals surface area contributed by atoms with Gasteiger partial charge in [0.05, 0.1) is 13.3 Å². The van der Waals surface area contributed by atoms with E-state index in [4.69, 9.17) is 10.5 Å². The predicted molar refractivity (Wildman–Crippen MR) is 149 cm³/mol. The van der Waals surface area contributed by atoms with E-state index in [2.05, 4.69) is 19.6 Å². The summed E-state index contributed by atoms with van der Waals surface area (Å²) in [6.07, 6.45) is -0.548. The maximum Gasteiger partial charge on any atom is 0.573 e. The average Bonchev–Trinajstić information content (AvgIpc) is 3.69. The van der Waals surface area contributed by atoms with Crippen molar-refractivity contribution in [1.29, 1.82) is 0 Å². The third kappa shape index (κ3) is 6.07. The standard InChI is InChI=1S/C25H27F3N6O6S2/c1-39-23(36)18(11-15-10-14-4-6-30-21(29)16(14)12-19(15)40-25(26,27)28)33-9-5-17(22(33)35)34(42(37)38)20-13-31-24(41-20)32-7-2-3-8-32/h4,6,10,12-13,17-18H,2-3,5,7-9,11H2,1H3,(H2,29,30)(H,37,38)/t17-,18+/m0/s1. The first-order valence-electron chi connectivity index (χ1n) is 12.9. The number of alkyl halides is 3. The molecule has 0 radical (unpaired) electrons. The number of thiazole rings is 1. The van der Waals surface area contributed by atoms with Crippen LogP contribution in [0.5, 0.6) is 5.75 Å². The zero-order chi connectivity index (χ0) is 30.2. The Morgan fingerprint density at radius 3 is 2.69 bits per heavy atom. The van der Waals surface area contributed by atoms with Crippen molar-refractivity contribution < 1.29 is 41.0 Å². The van der Waals surface area contributed by atoms with Crippen LogP contribution in [0, 0.1) is 0 Å². The maximum absolute atomic E-state index is 13.7. The number of carbonyl (C=O) groups is 2. The van der Waals surface area contributed by atoms with Gasteiger partial charge in [0, 0.05) is 37.6 Å². The molecule has 0 bridgehead atoms. The molecule has 2 saturated heterocycles. The highest BCUT2D eigenvalue weighted by atomic mass is 32.2. The number of esters is 1. The van der Waals surface area contributed by atoms with Crippen molar-refractivity contribution in [3.63, 3.8) is 0 Å². The van der Waals surface area contributed by atoms with Crippen molar-refractivity contribution in [2.75, 3.05) is 41.7 Å². The largest absolute Gasteiger partial charge is 0.573 e. The second-order valence-corrected chi connectivity index (χ2v) is 11.6. The lowest BCUT2D eigenvalue weighted by Gasteiger charge is -2.28. The van der Waals surface area contributed by atoms with E-state index < -0.39 is 53.8 Å². The molecule has 2 aliphatic heterocycles. The van der Waals surface area contributed by atoms with Gasteiger partial charge in [0.25, 0.3) is 11.3 Å². The lowest BCUT2D eigenvalue weighted by molar-refractivity contribution is -0.274. The van der Waals surface area contributed by atoms with Gasteiger partial charge in [-0.3, -0.25) is 9.35 Å². The van der Waals surface area contributed by atoms with Gasteiger partial charge in [-0.15, -0.1) is 13.2 Å². The number of carbonyl (C=O) groups excluding carboxylic acids is 2. The summed E-state index contributed by atoms with van der Waals surface area (Å²) in [5.74, 6) is -2.15. The molecule has 17 heteroatoms. The van der Waals surface area contributed by atoms with Crippen molar-refractivity contribution in [2.45, 2.75) is 44.1 Å². The number of nitrogens with zero attached hydrogens (tertiary/aromatic N) is 5. The molecule has 1 aromatic carbocycles. The fourth-order valence-corrected chi connectivity index (χ4v) is 7.13. The van der Waals surface area contributed by atoms with Crippen LogP contribution in [-0.4, -0.2) is 80.7 Å². The zero-order valence-corrected chi connectivity index (χ0v) is 23.9. The zero-order valence-electron chi connectivity index (χ0n) is 22.2. The normalized spacial score (nSPS) is 18.9. The molecule has 5 rings (SSSR count). The van der Waals surface area contributed by atoms with Gasteiger partial charge in [-0.25, -0.2) is 23.3 Å². The number of halogens is 3. The molecule has 0 aliphatic carbocycles. The summed E-state index contributed by atoms with van der Waals surface area (Å²) in [7, 11) is 1.10. The van der Waals surface area contributed by atoms with Crippen molar-refractivity contribution in [3.05, 3.63) is 36.2 Å². The van der Waals surface area contributed by atoms with E-state index in [-0.39, 0.29) is 29.7 Å². The molecule has 4 heterocycles. The molecule has 2 fully saturated rings. The van der Waals surface area contributed by atoms with Gasteiger partial charge in [0.15, 0.2) is 5.13 Å². The SMILES string of the molecule is COC(=O)[C@@H](Cc1cc2ccnc(N)c2cc1OC(F)(F)F)N1CC[C@H](N(c2cnc(N3CCCC3)s2)S(=O)O)C1=O. The van der Waals surface area contributed by atoms with Crippen LogP contribution in [0.1, 0.15) is 24.8 Å². The van der Waals surface area contributed by atoms with Crippen molar-refractivity contribution >= 4 is 61.2 Å². The van der Waals surface area contributed by atoms with Gasteiger partial charge < -0.3 is 25.0 Å². The number of likely N-dealkylation sites (tertiary alicyclic amines) is 1. The summed E-state index contributed by atoms with van der Waals surface area (Å²) in [6, 6.07) is 1.53. The topological polar surface area (TPSA) is 151 Å². The molecule has 0 spiro atoms. The third-order valence-electron chi connectivity index (χ3n) is 7.20. The van der Waals surface area contributed by atoms with Crippen LogP contribution < -0.4 is 19.7 Å². The highest BCUT2D eigenvalue weighted by Crippen LogP contribution is 2.37. The Labute approximate surface area is 244 Å². The van der Waals surface area contributed by atoms with Crippen LogP contribution in [0.3, 0.4) is 0 Å². The van der Waals surface area contributed by atoms with Crippen molar-refractivity contribution in [2.24, 2.45) is 0 Å². The molecule has 0 saturated carbocycles. The van der Waals surface area contributed by atoms with Gasteiger partial charge in [-0.2, -0.15) is 0 Å². The molecule has 3 aromatic rings. The van der Waals surface area contributed by atoms with E-state index in [9.17, 15) is 31.5 Å². The van der Waals surface area contributed by atoms with Crippen LogP contribution in [0.25, 0.3) is 10.8 Å². The minimum Gasteiger partial charge on any atom is -0.467 e. The Bertz CT molecular complexity index is 1520. The van der Waals surface area contributed by atoms with Crippen LogP contribution in [-0.2, 0) is 32.0 Å². The Kier molecular flexibility index (Phi) is 8.43. The molecule has 12 nitrogen and oxygen atoms in total. The third-order valence-corrected chi connectivity index (χ3v) is 9.16. The quantitative estimate of drug-likeness (QED) is 0.267. The highest BCUT2D eigenvalue weighted by Gasteiger charge is 2.45. The summed E-state index contributed by atoms with van der Waals surface area (Å²) in [6.45, 7) is 1.60. The van der Waals surface area contributed by atoms with Crippen LogP contribution >= 0.6 is 11.3 Å². The minimum atomic E-state index is -5.05. The van der Waals surface area contributed by atoms with E-state index in [1.165, 1.54) is 35.9 Å². The summed E-state index contributed by atoms with van der Waals surface area (Å²) >= 11 is -1.43. The van der Waals surface area contributed by atoms with Crippen LogP contribution in [0.4, 0.5) is 29.1 Å². The number of rotatable bonds is 9. The number of benzene rings is 1. The summed E-state index contributed by atoms with van der Waals surface area (Å²) in [4.78, 5) is 38.1. The first-order chi connectivity index (χ1) is 20.0. The fraction of sp³-hybridized carbons (Fsp3) is 0.440. The molecule has 1 unspecified atom stereocenters. The first-order valence-corrected chi connectivity index (χ1v) is 14.8. The number of hydrogen-bond acceptors (Lipinski definition) is 10. The van der Waals surface area contributed by atoms with E-state index in [0.29, 0.717) is 15.5 Å². The monoisotopic (exact) mass is 628 g/mol.